The summed E-state index contributed by atoms with van der Waals surface area (Å²) in [7, 11) is 3.05. The van der Waals surface area contributed by atoms with Gasteiger partial charge in [0.15, 0.2) is 11.5 Å². The minimum absolute atomic E-state index is 0.281. The first-order chi connectivity index (χ1) is 13.0. The number of hydrogen-bond acceptors (Lipinski definition) is 5. The van der Waals surface area contributed by atoms with Crippen molar-refractivity contribution in [3.8, 4) is 11.5 Å². The molecule has 2 aromatic rings. The lowest BCUT2D eigenvalue weighted by atomic mass is 10.2. The number of carbonyl (C=O) groups excluding carboxylic acids is 2. The largest absolute Gasteiger partial charge is 0.493 e. The molecule has 0 aromatic heterocycles. The Balaban J connectivity index is 1.77. The van der Waals surface area contributed by atoms with Crippen LogP contribution in [0, 0.1) is 5.82 Å². The number of hydrogen-bond donors (Lipinski definition) is 3. The standard InChI is InChI=1S/C18H19FN4O4/c1-26-15-8-3-12(9-16(15)27-2)10-21-23-17(24)11-20-18(25)22-14-6-4-13(19)5-7-14/h3-10H,11H2,1-2H3,(H,23,24)(H2,20,22,25). The molecule has 3 N–H and O–H groups in total. The number of anilines is 1. The monoisotopic (exact) mass is 374 g/mol. The Morgan fingerprint density at radius 1 is 1.07 bits per heavy atom. The summed E-state index contributed by atoms with van der Waals surface area (Å²) in [6.45, 7) is -0.281. The number of nitrogens with one attached hydrogen (secondary N) is 3. The molecule has 2 rings (SSSR count). The van der Waals surface area contributed by atoms with Crippen molar-refractivity contribution < 1.29 is 23.5 Å². The normalized spacial score (nSPS) is 10.3. The van der Waals surface area contributed by atoms with Crippen LogP contribution in [-0.2, 0) is 4.79 Å². The van der Waals surface area contributed by atoms with Crippen molar-refractivity contribution >= 4 is 23.8 Å². The van der Waals surface area contributed by atoms with E-state index in [4.69, 9.17) is 9.47 Å². The van der Waals surface area contributed by atoms with E-state index in [2.05, 4.69) is 21.2 Å². The summed E-state index contributed by atoms with van der Waals surface area (Å²) in [6.07, 6.45) is 1.43. The molecule has 0 atom stereocenters. The average Bonchev–Trinajstić information content (AvgIpc) is 2.68. The van der Waals surface area contributed by atoms with Gasteiger partial charge in [0, 0.05) is 5.69 Å². The van der Waals surface area contributed by atoms with Crippen LogP contribution in [0.15, 0.2) is 47.6 Å². The predicted octanol–water partition coefficient (Wildman–Crippen LogP) is 2.11. The molecule has 0 aliphatic rings. The van der Waals surface area contributed by atoms with Crippen molar-refractivity contribution in [2.45, 2.75) is 0 Å². The van der Waals surface area contributed by atoms with Gasteiger partial charge in [-0.15, -0.1) is 0 Å². The van der Waals surface area contributed by atoms with Gasteiger partial charge in [-0.25, -0.2) is 14.6 Å². The third-order valence-electron chi connectivity index (χ3n) is 3.32. The summed E-state index contributed by atoms with van der Waals surface area (Å²) < 4.78 is 23.1. The van der Waals surface area contributed by atoms with Crippen LogP contribution in [0.2, 0.25) is 0 Å². The van der Waals surface area contributed by atoms with Gasteiger partial charge in [-0.2, -0.15) is 5.10 Å². The van der Waals surface area contributed by atoms with E-state index in [0.717, 1.165) is 0 Å². The molecule has 142 valence electrons. The van der Waals surface area contributed by atoms with Crippen molar-refractivity contribution in [2.24, 2.45) is 5.10 Å². The number of methoxy groups -OCH3 is 2. The minimum atomic E-state index is -0.597. The minimum Gasteiger partial charge on any atom is -0.493 e. The molecule has 0 saturated carbocycles. The number of urea groups is 1. The molecule has 8 nitrogen and oxygen atoms in total. The first kappa shape index (κ1) is 19.7. The quantitative estimate of drug-likeness (QED) is 0.510. The number of carbonyl (C=O) groups is 2. The van der Waals surface area contributed by atoms with Gasteiger partial charge in [0.2, 0.25) is 0 Å². The highest BCUT2D eigenvalue weighted by Crippen LogP contribution is 2.26. The average molecular weight is 374 g/mol. The fourth-order valence-corrected chi connectivity index (χ4v) is 2.02. The van der Waals surface area contributed by atoms with Crippen LogP contribution in [0.25, 0.3) is 0 Å². The zero-order chi connectivity index (χ0) is 19.6. The maximum Gasteiger partial charge on any atom is 0.319 e. The zero-order valence-electron chi connectivity index (χ0n) is 14.8. The van der Waals surface area contributed by atoms with E-state index in [0.29, 0.717) is 22.7 Å². The molecule has 0 fully saturated rings. The van der Waals surface area contributed by atoms with Crippen molar-refractivity contribution in [2.75, 3.05) is 26.1 Å². The van der Waals surface area contributed by atoms with E-state index in [-0.39, 0.29) is 6.54 Å². The second-order valence-electron chi connectivity index (χ2n) is 5.22. The molecular weight excluding hydrogens is 355 g/mol. The number of hydrazone groups is 1. The molecule has 3 amide bonds. The molecule has 0 heterocycles. The molecule has 27 heavy (non-hydrogen) atoms. The Morgan fingerprint density at radius 2 is 1.78 bits per heavy atom. The van der Waals surface area contributed by atoms with Crippen molar-refractivity contribution in [1.82, 2.24) is 10.7 Å². The topological polar surface area (TPSA) is 101 Å². The van der Waals surface area contributed by atoms with Crippen LogP contribution < -0.4 is 25.5 Å². The number of rotatable bonds is 7. The predicted molar refractivity (Wildman–Crippen MR) is 98.7 cm³/mol. The maximum atomic E-state index is 12.8. The second kappa shape index (κ2) is 9.76. The first-order valence-electron chi connectivity index (χ1n) is 7.86. The van der Waals surface area contributed by atoms with Gasteiger partial charge in [-0.05, 0) is 48.0 Å². The van der Waals surface area contributed by atoms with Gasteiger partial charge in [-0.1, -0.05) is 0 Å². The van der Waals surface area contributed by atoms with Gasteiger partial charge < -0.3 is 20.1 Å². The van der Waals surface area contributed by atoms with Crippen molar-refractivity contribution in [3.05, 3.63) is 53.8 Å². The van der Waals surface area contributed by atoms with E-state index in [9.17, 15) is 14.0 Å². The number of benzene rings is 2. The maximum absolute atomic E-state index is 12.8. The number of ether oxygens (including phenoxy) is 2. The zero-order valence-corrected chi connectivity index (χ0v) is 14.8. The summed E-state index contributed by atoms with van der Waals surface area (Å²) in [5, 5.41) is 8.64. The van der Waals surface area contributed by atoms with E-state index in [1.807, 2.05) is 0 Å². The van der Waals surface area contributed by atoms with E-state index in [1.165, 1.54) is 44.7 Å². The van der Waals surface area contributed by atoms with Crippen LogP contribution in [0.5, 0.6) is 11.5 Å². The Morgan fingerprint density at radius 3 is 2.44 bits per heavy atom. The molecule has 0 unspecified atom stereocenters. The summed E-state index contributed by atoms with van der Waals surface area (Å²) in [5.74, 6) is 0.190. The van der Waals surface area contributed by atoms with Crippen LogP contribution >= 0.6 is 0 Å². The molecule has 0 bridgehead atoms. The fourth-order valence-electron chi connectivity index (χ4n) is 2.02. The third kappa shape index (κ3) is 6.31. The number of amides is 3. The van der Waals surface area contributed by atoms with Gasteiger partial charge in [0.1, 0.15) is 12.4 Å². The van der Waals surface area contributed by atoms with E-state index >= 15 is 0 Å². The Bertz CT molecular complexity index is 825. The summed E-state index contributed by atoms with van der Waals surface area (Å²) >= 11 is 0. The third-order valence-corrected chi connectivity index (χ3v) is 3.32. The van der Waals surface area contributed by atoms with Gasteiger partial charge >= 0.3 is 6.03 Å². The molecule has 0 spiro atoms. The van der Waals surface area contributed by atoms with Crippen LogP contribution in [0.1, 0.15) is 5.56 Å². The van der Waals surface area contributed by atoms with Crippen LogP contribution in [-0.4, -0.2) is 38.9 Å². The SMILES string of the molecule is COc1ccc(C=NNC(=O)CNC(=O)Nc2ccc(F)cc2)cc1OC. The van der Waals surface area contributed by atoms with Gasteiger partial charge in [0.25, 0.3) is 5.91 Å². The number of nitrogens with zero attached hydrogens (tertiary/aromatic N) is 1. The van der Waals surface area contributed by atoms with E-state index in [1.54, 1.807) is 18.2 Å². The Hall–Kier alpha value is -3.62. The van der Waals surface area contributed by atoms with Crippen molar-refractivity contribution in [3.63, 3.8) is 0 Å². The Labute approximate surface area is 155 Å². The molecule has 0 radical (unpaired) electrons. The highest BCUT2D eigenvalue weighted by molar-refractivity contribution is 5.92. The Kier molecular flexibility index (Phi) is 7.12. The van der Waals surface area contributed by atoms with Gasteiger partial charge in [0.05, 0.1) is 20.4 Å². The summed E-state index contributed by atoms with van der Waals surface area (Å²) in [4.78, 5) is 23.4. The smallest absolute Gasteiger partial charge is 0.319 e. The van der Waals surface area contributed by atoms with Gasteiger partial charge in [-0.3, -0.25) is 4.79 Å². The molecule has 0 saturated heterocycles. The highest BCUT2D eigenvalue weighted by Gasteiger charge is 2.06. The molecule has 9 heteroatoms. The second-order valence-corrected chi connectivity index (χ2v) is 5.22. The van der Waals surface area contributed by atoms with Crippen LogP contribution in [0.4, 0.5) is 14.9 Å². The fraction of sp³-hybridized carbons (Fsp3) is 0.167. The first-order valence-corrected chi connectivity index (χ1v) is 7.86. The molecule has 0 aliphatic carbocycles. The summed E-state index contributed by atoms with van der Waals surface area (Å²) in [6, 6.07) is 9.79. The van der Waals surface area contributed by atoms with Crippen LogP contribution in [0.3, 0.4) is 0 Å². The summed E-state index contributed by atoms with van der Waals surface area (Å²) in [5.41, 5.74) is 3.38. The lowest BCUT2D eigenvalue weighted by molar-refractivity contribution is -0.120. The highest BCUT2D eigenvalue weighted by atomic mass is 19.1. The van der Waals surface area contributed by atoms with E-state index < -0.39 is 17.8 Å². The lowest BCUT2D eigenvalue weighted by Crippen LogP contribution is -2.37. The molecular formula is C18H19FN4O4. The molecule has 2 aromatic carbocycles. The lowest BCUT2D eigenvalue weighted by Gasteiger charge is -2.07. The number of halogens is 1. The molecule has 0 aliphatic heterocycles. The van der Waals surface area contributed by atoms with Crippen molar-refractivity contribution in [1.29, 1.82) is 0 Å².